The van der Waals surface area contributed by atoms with Crippen molar-refractivity contribution in [1.82, 2.24) is 5.16 Å². The summed E-state index contributed by atoms with van der Waals surface area (Å²) in [5.74, 6) is -0.348. The van der Waals surface area contributed by atoms with Gasteiger partial charge in [0, 0.05) is 29.2 Å². The van der Waals surface area contributed by atoms with Crippen LogP contribution in [0.15, 0.2) is 77.3 Å². The highest BCUT2D eigenvalue weighted by Gasteiger charge is 2.18. The predicted octanol–water partition coefficient (Wildman–Crippen LogP) is 5.06. The average molecular weight is 399 g/mol. The predicted molar refractivity (Wildman–Crippen MR) is 117 cm³/mol. The third kappa shape index (κ3) is 3.80. The lowest BCUT2D eigenvalue weighted by Gasteiger charge is -2.23. The second-order valence-electron chi connectivity index (χ2n) is 6.91. The summed E-state index contributed by atoms with van der Waals surface area (Å²) in [5.41, 5.74) is 2.62. The Morgan fingerprint density at radius 3 is 2.43 bits per heavy atom. The van der Waals surface area contributed by atoms with Crippen molar-refractivity contribution in [2.24, 2.45) is 0 Å². The van der Waals surface area contributed by atoms with E-state index in [9.17, 15) is 9.59 Å². The van der Waals surface area contributed by atoms with Crippen LogP contribution in [0.5, 0.6) is 0 Å². The van der Waals surface area contributed by atoms with Gasteiger partial charge in [0.15, 0.2) is 0 Å². The van der Waals surface area contributed by atoms with Gasteiger partial charge < -0.3 is 14.7 Å². The van der Waals surface area contributed by atoms with Crippen LogP contribution in [0.2, 0.25) is 0 Å². The number of anilines is 2. The number of hydrogen-bond donors (Lipinski definition) is 1. The highest BCUT2D eigenvalue weighted by atomic mass is 16.5. The Morgan fingerprint density at radius 1 is 1.00 bits per heavy atom. The maximum Gasteiger partial charge on any atom is 0.294 e. The fourth-order valence-electron chi connectivity index (χ4n) is 3.38. The van der Waals surface area contributed by atoms with Crippen molar-refractivity contribution in [1.29, 1.82) is 0 Å². The van der Waals surface area contributed by atoms with E-state index in [1.807, 2.05) is 49.4 Å². The molecule has 2 amide bonds. The molecule has 0 fully saturated rings. The molecule has 0 aliphatic heterocycles. The largest absolute Gasteiger partial charge is 0.351 e. The number of nitrogens with one attached hydrogen (secondary N) is 1. The van der Waals surface area contributed by atoms with Crippen LogP contribution in [0.25, 0.3) is 10.8 Å². The van der Waals surface area contributed by atoms with Crippen LogP contribution < -0.4 is 10.2 Å². The maximum atomic E-state index is 13.2. The normalized spacial score (nSPS) is 10.7. The minimum absolute atomic E-state index is 0.0995. The van der Waals surface area contributed by atoms with Gasteiger partial charge in [-0.05, 0) is 49.6 Å². The molecule has 0 bridgehead atoms. The molecule has 1 aromatic heterocycles. The number of aryl methyl sites for hydroxylation is 1. The first-order valence-corrected chi connectivity index (χ1v) is 9.71. The summed E-state index contributed by atoms with van der Waals surface area (Å²) < 4.78 is 4.97. The van der Waals surface area contributed by atoms with Crippen molar-refractivity contribution in [3.8, 4) is 0 Å². The molecule has 3 aromatic carbocycles. The molecular weight excluding hydrogens is 378 g/mol. The Hall–Kier alpha value is -3.93. The Labute approximate surface area is 174 Å². The molecule has 6 nitrogen and oxygen atoms in total. The van der Waals surface area contributed by atoms with E-state index in [4.69, 9.17) is 4.52 Å². The van der Waals surface area contributed by atoms with Gasteiger partial charge in [-0.25, -0.2) is 0 Å². The summed E-state index contributed by atoms with van der Waals surface area (Å²) in [5, 5.41) is 8.56. The zero-order valence-corrected chi connectivity index (χ0v) is 16.8. The summed E-state index contributed by atoms with van der Waals surface area (Å²) >= 11 is 0. The number of nitrogens with zero attached hydrogens (tertiary/aromatic N) is 2. The molecule has 30 heavy (non-hydrogen) atoms. The van der Waals surface area contributed by atoms with Gasteiger partial charge in [0.05, 0.1) is 11.4 Å². The van der Waals surface area contributed by atoms with Gasteiger partial charge in [-0.15, -0.1) is 0 Å². The standard InChI is InChI=1S/C24H21N3O3/c1-3-27(21-10-6-8-17-7-4-5-9-20(17)21)24(29)18-11-13-19(14-12-18)25-23(28)22-15-16(2)26-30-22/h4-15H,3H2,1-2H3,(H,25,28). The van der Waals surface area contributed by atoms with E-state index in [1.54, 1.807) is 42.2 Å². The van der Waals surface area contributed by atoms with E-state index in [0.29, 0.717) is 23.5 Å². The van der Waals surface area contributed by atoms with Crippen molar-refractivity contribution in [2.45, 2.75) is 13.8 Å². The van der Waals surface area contributed by atoms with Gasteiger partial charge in [0.25, 0.3) is 11.8 Å². The second kappa shape index (κ2) is 8.21. The zero-order chi connectivity index (χ0) is 21.1. The number of benzene rings is 3. The topological polar surface area (TPSA) is 75.4 Å². The van der Waals surface area contributed by atoms with Gasteiger partial charge in [0.2, 0.25) is 5.76 Å². The Bertz CT molecular complexity index is 1210. The monoisotopic (exact) mass is 399 g/mol. The summed E-state index contributed by atoms with van der Waals surface area (Å²) in [4.78, 5) is 27.1. The molecule has 0 spiro atoms. The first-order chi connectivity index (χ1) is 14.6. The van der Waals surface area contributed by atoms with Crippen LogP contribution in [0, 0.1) is 6.92 Å². The molecule has 0 aliphatic rings. The molecule has 0 radical (unpaired) electrons. The van der Waals surface area contributed by atoms with Crippen molar-refractivity contribution in [2.75, 3.05) is 16.8 Å². The fraction of sp³-hybridized carbons (Fsp3) is 0.125. The van der Waals surface area contributed by atoms with E-state index < -0.39 is 0 Å². The Kier molecular flexibility index (Phi) is 5.30. The van der Waals surface area contributed by atoms with Gasteiger partial charge in [-0.2, -0.15) is 0 Å². The van der Waals surface area contributed by atoms with Crippen molar-refractivity contribution >= 4 is 34.0 Å². The van der Waals surface area contributed by atoms with Crippen molar-refractivity contribution in [3.63, 3.8) is 0 Å². The first-order valence-electron chi connectivity index (χ1n) is 9.71. The van der Waals surface area contributed by atoms with Crippen LogP contribution in [0.4, 0.5) is 11.4 Å². The van der Waals surface area contributed by atoms with Crippen LogP contribution >= 0.6 is 0 Å². The van der Waals surface area contributed by atoms with Gasteiger partial charge in [0.1, 0.15) is 0 Å². The number of fused-ring (bicyclic) bond motifs is 1. The lowest BCUT2D eigenvalue weighted by Crippen LogP contribution is -2.30. The third-order valence-corrected chi connectivity index (χ3v) is 4.86. The summed E-state index contributed by atoms with van der Waals surface area (Å²) in [6, 6.07) is 22.3. The minimum atomic E-state index is -0.388. The van der Waals surface area contributed by atoms with E-state index in [0.717, 1.165) is 16.5 Å². The third-order valence-electron chi connectivity index (χ3n) is 4.86. The molecule has 6 heteroatoms. The molecule has 0 atom stereocenters. The molecule has 0 unspecified atom stereocenters. The molecule has 0 aliphatic carbocycles. The van der Waals surface area contributed by atoms with Crippen molar-refractivity contribution < 1.29 is 14.1 Å². The number of amides is 2. The summed E-state index contributed by atoms with van der Waals surface area (Å²) in [6.45, 7) is 4.24. The van der Waals surface area contributed by atoms with Crippen LogP contribution in [-0.4, -0.2) is 23.5 Å². The smallest absolute Gasteiger partial charge is 0.294 e. The minimum Gasteiger partial charge on any atom is -0.351 e. The summed E-state index contributed by atoms with van der Waals surface area (Å²) in [7, 11) is 0. The lowest BCUT2D eigenvalue weighted by molar-refractivity contribution is 0.0982. The van der Waals surface area contributed by atoms with E-state index >= 15 is 0 Å². The van der Waals surface area contributed by atoms with Gasteiger partial charge >= 0.3 is 0 Å². The molecular formula is C24H21N3O3. The number of carbonyl (C=O) groups is 2. The average Bonchev–Trinajstić information content (AvgIpc) is 3.21. The van der Waals surface area contributed by atoms with Gasteiger partial charge in [-0.1, -0.05) is 41.6 Å². The number of hydrogen-bond acceptors (Lipinski definition) is 4. The highest BCUT2D eigenvalue weighted by Crippen LogP contribution is 2.28. The second-order valence-corrected chi connectivity index (χ2v) is 6.91. The van der Waals surface area contributed by atoms with E-state index in [-0.39, 0.29) is 17.6 Å². The first kappa shape index (κ1) is 19.4. The lowest BCUT2D eigenvalue weighted by atomic mass is 10.1. The molecule has 1 N–H and O–H groups in total. The molecule has 4 rings (SSSR count). The zero-order valence-electron chi connectivity index (χ0n) is 16.8. The molecule has 150 valence electrons. The van der Waals surface area contributed by atoms with Crippen LogP contribution in [0.3, 0.4) is 0 Å². The molecule has 4 aromatic rings. The van der Waals surface area contributed by atoms with E-state index in [1.165, 1.54) is 0 Å². The summed E-state index contributed by atoms with van der Waals surface area (Å²) in [6.07, 6.45) is 0. The van der Waals surface area contributed by atoms with Crippen molar-refractivity contribution in [3.05, 3.63) is 89.8 Å². The van der Waals surface area contributed by atoms with Gasteiger partial charge in [-0.3, -0.25) is 9.59 Å². The SMILES string of the molecule is CCN(C(=O)c1ccc(NC(=O)c2cc(C)no2)cc1)c1cccc2ccccc12. The number of aromatic nitrogens is 1. The van der Waals surface area contributed by atoms with Crippen LogP contribution in [0.1, 0.15) is 33.5 Å². The quantitative estimate of drug-likeness (QED) is 0.509. The molecule has 1 heterocycles. The number of rotatable bonds is 5. The number of carbonyl (C=O) groups excluding carboxylic acids is 2. The Balaban J connectivity index is 1.55. The van der Waals surface area contributed by atoms with Crippen LogP contribution in [-0.2, 0) is 0 Å². The Morgan fingerprint density at radius 2 is 1.73 bits per heavy atom. The fourth-order valence-corrected chi connectivity index (χ4v) is 3.38. The molecule has 0 saturated heterocycles. The highest BCUT2D eigenvalue weighted by molar-refractivity contribution is 6.11. The molecule has 0 saturated carbocycles. The van der Waals surface area contributed by atoms with E-state index in [2.05, 4.69) is 10.5 Å². The maximum absolute atomic E-state index is 13.2.